The van der Waals surface area contributed by atoms with E-state index >= 15 is 0 Å². The summed E-state index contributed by atoms with van der Waals surface area (Å²) in [4.78, 5) is 0. The fourth-order valence-corrected chi connectivity index (χ4v) is 5.08. The minimum absolute atomic E-state index is 0.0958. The molecule has 0 spiro atoms. The van der Waals surface area contributed by atoms with E-state index in [4.69, 9.17) is 0 Å². The predicted molar refractivity (Wildman–Crippen MR) is 70.2 cm³/mol. The lowest BCUT2D eigenvalue weighted by Crippen LogP contribution is -2.35. The maximum atomic E-state index is 3.71. The van der Waals surface area contributed by atoms with Crippen LogP contribution in [-0.4, -0.2) is 14.7 Å². The van der Waals surface area contributed by atoms with Crippen LogP contribution in [0.3, 0.4) is 0 Å². The van der Waals surface area contributed by atoms with Gasteiger partial charge >= 0.3 is 0 Å². The molecule has 1 atom stereocenters. The van der Waals surface area contributed by atoms with Gasteiger partial charge in [0, 0.05) is 4.45 Å². The third-order valence-corrected chi connectivity index (χ3v) is 8.85. The van der Waals surface area contributed by atoms with Crippen LogP contribution in [0.2, 0.25) is 19.6 Å². The minimum atomic E-state index is -1.04. The highest BCUT2D eigenvalue weighted by Crippen LogP contribution is 2.41. The van der Waals surface area contributed by atoms with E-state index < -0.39 is 8.07 Å². The highest BCUT2D eigenvalue weighted by Gasteiger charge is 2.31. The summed E-state index contributed by atoms with van der Waals surface area (Å²) in [6.45, 7) is 7.06. The van der Waals surface area contributed by atoms with Gasteiger partial charge in [0.2, 0.25) is 0 Å². The molecule has 0 saturated heterocycles. The Bertz CT molecular complexity index is 124. The Morgan fingerprint density at radius 2 is 1.55 bits per heavy atom. The van der Waals surface area contributed by atoms with E-state index in [1.165, 1.54) is 0 Å². The molecule has 1 unspecified atom stereocenters. The Hall–Kier alpha value is 2.14. The first kappa shape index (κ1) is 13.1. The van der Waals surface area contributed by atoms with Gasteiger partial charge in [-0.15, -0.1) is 0 Å². The van der Waals surface area contributed by atoms with E-state index in [0.717, 1.165) is 6.42 Å². The van der Waals surface area contributed by atoms with Gasteiger partial charge in [0.05, 0.1) is 8.07 Å². The summed E-state index contributed by atoms with van der Waals surface area (Å²) in [7, 11) is -1.04. The fourth-order valence-electron chi connectivity index (χ4n) is 0.509. The molecule has 0 aromatic heterocycles. The molecule has 0 aliphatic heterocycles. The van der Waals surface area contributed by atoms with Crippen LogP contribution in [0.1, 0.15) is 6.42 Å². The van der Waals surface area contributed by atoms with Gasteiger partial charge in [0.25, 0.3) is 0 Å². The summed E-state index contributed by atoms with van der Waals surface area (Å²) >= 11 is 14.2. The van der Waals surface area contributed by atoms with Gasteiger partial charge in [-0.2, -0.15) is 0 Å². The molecule has 68 valence electrons. The number of rotatable bonds is 2. The average molecular weight is 432 g/mol. The molecule has 0 saturated carbocycles. The maximum Gasteiger partial charge on any atom is 0.135 e. The largest absolute Gasteiger partial charge is 0.135 e. The van der Waals surface area contributed by atoms with Crippen molar-refractivity contribution in [2.45, 2.75) is 32.7 Å². The monoisotopic (exact) mass is 428 g/mol. The third-order valence-electron chi connectivity index (χ3n) is 1.35. The summed E-state index contributed by atoms with van der Waals surface area (Å²) in [5.74, 6) is 0. The van der Waals surface area contributed by atoms with Crippen LogP contribution in [0.15, 0.2) is 0 Å². The van der Waals surface area contributed by atoms with Crippen molar-refractivity contribution in [2.24, 2.45) is 0 Å². The van der Waals surface area contributed by atoms with Crippen molar-refractivity contribution < 1.29 is 0 Å². The zero-order valence-corrected chi connectivity index (χ0v) is 14.1. The normalized spacial score (nSPS) is 16.6. The molecule has 0 aromatic rings. The molecular formula is C6H12Br4Si. The Morgan fingerprint density at radius 3 is 1.64 bits per heavy atom. The van der Waals surface area contributed by atoms with Crippen LogP contribution in [0.4, 0.5) is 0 Å². The van der Waals surface area contributed by atoms with Gasteiger partial charge in [-0.3, -0.25) is 0 Å². The second-order valence-electron chi connectivity index (χ2n) is 3.65. The Labute approximate surface area is 103 Å². The zero-order valence-electron chi connectivity index (χ0n) is 6.80. The standard InChI is InChI=1S/C6H12Br4Si/c1-11(2,3)5(7)4-6(8,9)10/h5H,4H2,1-3H3. The molecule has 0 N–H and O–H groups in total. The Morgan fingerprint density at radius 1 is 1.18 bits per heavy atom. The van der Waals surface area contributed by atoms with Crippen molar-refractivity contribution in [3.63, 3.8) is 0 Å². The van der Waals surface area contributed by atoms with Crippen molar-refractivity contribution in [3.8, 4) is 0 Å². The van der Waals surface area contributed by atoms with E-state index in [9.17, 15) is 0 Å². The smallest absolute Gasteiger partial charge is 0.0924 e. The second-order valence-corrected chi connectivity index (χ2v) is 18.3. The summed E-state index contributed by atoms with van der Waals surface area (Å²) < 4.78 is 0.523. The summed E-state index contributed by atoms with van der Waals surface area (Å²) in [5.41, 5.74) is 0. The quantitative estimate of drug-likeness (QED) is 0.433. The minimum Gasteiger partial charge on any atom is -0.0924 e. The van der Waals surface area contributed by atoms with Crippen molar-refractivity contribution in [2.75, 3.05) is 0 Å². The number of alkyl halides is 4. The average Bonchev–Trinajstić information content (AvgIpc) is 1.56. The fraction of sp³-hybridized carbons (Fsp3) is 1.00. The molecule has 0 aliphatic carbocycles. The van der Waals surface area contributed by atoms with Gasteiger partial charge in [0.1, 0.15) is 2.14 Å². The van der Waals surface area contributed by atoms with E-state index in [1.807, 2.05) is 0 Å². The third kappa shape index (κ3) is 7.23. The van der Waals surface area contributed by atoms with Crippen LogP contribution in [0, 0.1) is 0 Å². The summed E-state index contributed by atoms with van der Waals surface area (Å²) in [6, 6.07) is 0. The molecule has 0 heterocycles. The summed E-state index contributed by atoms with van der Waals surface area (Å²) in [6.07, 6.45) is 1.04. The Balaban J connectivity index is 3.99. The van der Waals surface area contributed by atoms with E-state index in [1.54, 1.807) is 0 Å². The zero-order chi connectivity index (χ0) is 9.28. The number of hydrogen-bond donors (Lipinski definition) is 0. The lowest BCUT2D eigenvalue weighted by atomic mass is 10.6. The molecule has 0 amide bonds. The van der Waals surface area contributed by atoms with Crippen molar-refractivity contribution in [3.05, 3.63) is 0 Å². The van der Waals surface area contributed by atoms with Crippen molar-refractivity contribution >= 4 is 71.8 Å². The van der Waals surface area contributed by atoms with Crippen molar-refractivity contribution in [1.29, 1.82) is 0 Å². The SMILES string of the molecule is C[Si](C)(C)C(Br)CC(Br)(Br)Br. The molecule has 11 heavy (non-hydrogen) atoms. The first-order valence-electron chi connectivity index (χ1n) is 3.34. The first-order valence-corrected chi connectivity index (χ1v) is 10.2. The predicted octanol–water partition coefficient (Wildman–Crippen LogP) is 4.86. The molecule has 0 aromatic carbocycles. The van der Waals surface area contributed by atoms with Crippen LogP contribution < -0.4 is 0 Å². The van der Waals surface area contributed by atoms with Crippen LogP contribution in [0.5, 0.6) is 0 Å². The van der Waals surface area contributed by atoms with Gasteiger partial charge in [-0.25, -0.2) is 0 Å². The first-order chi connectivity index (χ1) is 4.63. The van der Waals surface area contributed by atoms with Gasteiger partial charge in [0.15, 0.2) is 0 Å². The van der Waals surface area contributed by atoms with Gasteiger partial charge in [-0.1, -0.05) is 83.4 Å². The molecule has 0 fully saturated rings. The molecule has 0 radical (unpaired) electrons. The number of halogens is 4. The molecule has 0 rings (SSSR count). The van der Waals surface area contributed by atoms with Gasteiger partial charge < -0.3 is 0 Å². The highest BCUT2D eigenvalue weighted by atomic mass is 80.0. The molecule has 0 nitrogen and oxygen atoms in total. The van der Waals surface area contributed by atoms with Crippen LogP contribution in [-0.2, 0) is 0 Å². The van der Waals surface area contributed by atoms with Gasteiger partial charge in [-0.05, 0) is 6.42 Å². The molecule has 0 bridgehead atoms. The Kier molecular flexibility index (Phi) is 5.47. The molecule has 5 heteroatoms. The summed E-state index contributed by atoms with van der Waals surface area (Å²) in [5, 5.41) is 0. The lowest BCUT2D eigenvalue weighted by Gasteiger charge is -2.26. The van der Waals surface area contributed by atoms with E-state index in [0.29, 0.717) is 4.45 Å². The molecular weight excluding hydrogens is 420 g/mol. The van der Waals surface area contributed by atoms with E-state index in [-0.39, 0.29) is 2.14 Å². The van der Waals surface area contributed by atoms with Crippen LogP contribution in [0.25, 0.3) is 0 Å². The van der Waals surface area contributed by atoms with Crippen LogP contribution >= 0.6 is 63.7 Å². The van der Waals surface area contributed by atoms with E-state index in [2.05, 4.69) is 83.4 Å². The molecule has 0 aliphatic rings. The maximum absolute atomic E-state index is 3.71. The topological polar surface area (TPSA) is 0 Å². The lowest BCUT2D eigenvalue weighted by molar-refractivity contribution is 0.991. The second kappa shape index (κ2) is 4.58. The van der Waals surface area contributed by atoms with Crippen molar-refractivity contribution in [1.82, 2.24) is 0 Å². The highest BCUT2D eigenvalue weighted by molar-refractivity contribution is 9.39. The number of hydrogen-bond acceptors (Lipinski definition) is 0.